The maximum absolute atomic E-state index is 11.3. The lowest BCUT2D eigenvalue weighted by atomic mass is 9.96. The van der Waals surface area contributed by atoms with E-state index in [9.17, 15) is 9.59 Å². The standard InChI is InChI=1S/C10H14O3/c1-6(2)5-8(11)9(7(3)4)10(12)13/h5,9H,3H2,1-2,4H3,(H,12,13). The zero-order chi connectivity index (χ0) is 10.6. The van der Waals surface area contributed by atoms with Gasteiger partial charge in [-0.25, -0.2) is 0 Å². The second-order valence-corrected chi connectivity index (χ2v) is 3.24. The fourth-order valence-electron chi connectivity index (χ4n) is 0.943. The summed E-state index contributed by atoms with van der Waals surface area (Å²) in [6.07, 6.45) is 1.33. The number of aliphatic carboxylic acids is 1. The molecule has 0 saturated carbocycles. The monoisotopic (exact) mass is 182 g/mol. The minimum atomic E-state index is -1.14. The first-order valence-corrected chi connectivity index (χ1v) is 3.93. The first kappa shape index (κ1) is 11.6. The Kier molecular flexibility index (Phi) is 4.11. The van der Waals surface area contributed by atoms with E-state index < -0.39 is 17.7 Å². The number of carbonyl (C=O) groups excluding carboxylic acids is 1. The van der Waals surface area contributed by atoms with Crippen molar-refractivity contribution in [3.05, 3.63) is 23.8 Å². The minimum absolute atomic E-state index is 0.356. The normalized spacial score (nSPS) is 11.6. The summed E-state index contributed by atoms with van der Waals surface area (Å²) >= 11 is 0. The Labute approximate surface area is 77.8 Å². The number of ketones is 1. The van der Waals surface area contributed by atoms with Gasteiger partial charge in [-0.2, -0.15) is 0 Å². The third-order valence-corrected chi connectivity index (χ3v) is 1.46. The zero-order valence-corrected chi connectivity index (χ0v) is 8.13. The molecule has 0 aliphatic carbocycles. The quantitative estimate of drug-likeness (QED) is 0.409. The number of carbonyl (C=O) groups is 2. The van der Waals surface area contributed by atoms with E-state index >= 15 is 0 Å². The molecule has 0 heterocycles. The average molecular weight is 182 g/mol. The van der Waals surface area contributed by atoms with E-state index in [1.165, 1.54) is 13.0 Å². The van der Waals surface area contributed by atoms with Crippen molar-refractivity contribution in [2.45, 2.75) is 20.8 Å². The lowest BCUT2D eigenvalue weighted by Gasteiger charge is -2.07. The molecule has 0 bridgehead atoms. The van der Waals surface area contributed by atoms with Gasteiger partial charge in [0.2, 0.25) is 0 Å². The molecule has 0 aromatic carbocycles. The predicted molar refractivity (Wildman–Crippen MR) is 50.4 cm³/mol. The van der Waals surface area contributed by atoms with E-state index in [2.05, 4.69) is 6.58 Å². The van der Waals surface area contributed by atoms with Crippen molar-refractivity contribution in [2.24, 2.45) is 5.92 Å². The van der Waals surface area contributed by atoms with Crippen molar-refractivity contribution in [2.75, 3.05) is 0 Å². The lowest BCUT2D eigenvalue weighted by molar-refractivity contribution is -0.143. The van der Waals surface area contributed by atoms with Crippen molar-refractivity contribution in [3.63, 3.8) is 0 Å². The van der Waals surface area contributed by atoms with Gasteiger partial charge in [-0.05, 0) is 26.8 Å². The maximum atomic E-state index is 11.3. The first-order chi connectivity index (χ1) is 5.86. The third kappa shape index (κ3) is 3.69. The molecule has 0 radical (unpaired) electrons. The van der Waals surface area contributed by atoms with E-state index in [0.717, 1.165) is 5.57 Å². The second-order valence-electron chi connectivity index (χ2n) is 3.24. The highest BCUT2D eigenvalue weighted by Gasteiger charge is 2.24. The Morgan fingerprint density at radius 2 is 1.77 bits per heavy atom. The largest absolute Gasteiger partial charge is 0.480 e. The molecule has 0 amide bonds. The van der Waals surface area contributed by atoms with E-state index in [1.807, 2.05) is 0 Å². The highest BCUT2D eigenvalue weighted by molar-refractivity contribution is 6.06. The molecule has 13 heavy (non-hydrogen) atoms. The molecule has 0 rings (SSSR count). The van der Waals surface area contributed by atoms with Crippen LogP contribution in [0.2, 0.25) is 0 Å². The molecule has 3 nitrogen and oxygen atoms in total. The molecular formula is C10H14O3. The van der Waals surface area contributed by atoms with Gasteiger partial charge < -0.3 is 5.11 Å². The molecular weight excluding hydrogens is 168 g/mol. The molecule has 1 unspecified atom stereocenters. The third-order valence-electron chi connectivity index (χ3n) is 1.46. The van der Waals surface area contributed by atoms with Gasteiger partial charge in [-0.15, -0.1) is 0 Å². The van der Waals surface area contributed by atoms with Gasteiger partial charge in [0.25, 0.3) is 0 Å². The van der Waals surface area contributed by atoms with Crippen LogP contribution in [0.1, 0.15) is 20.8 Å². The first-order valence-electron chi connectivity index (χ1n) is 3.93. The van der Waals surface area contributed by atoms with Gasteiger partial charge in [-0.1, -0.05) is 17.7 Å². The van der Waals surface area contributed by atoms with Crippen LogP contribution in [-0.2, 0) is 9.59 Å². The van der Waals surface area contributed by atoms with Crippen molar-refractivity contribution in [1.29, 1.82) is 0 Å². The van der Waals surface area contributed by atoms with Crippen molar-refractivity contribution in [1.82, 2.24) is 0 Å². The lowest BCUT2D eigenvalue weighted by Crippen LogP contribution is -2.23. The number of hydrogen-bond acceptors (Lipinski definition) is 2. The Hall–Kier alpha value is -1.38. The van der Waals surface area contributed by atoms with Gasteiger partial charge in [0, 0.05) is 0 Å². The SMILES string of the molecule is C=C(C)C(C(=O)O)C(=O)C=C(C)C. The fraction of sp³-hybridized carbons (Fsp3) is 0.400. The van der Waals surface area contributed by atoms with Crippen LogP contribution in [0.15, 0.2) is 23.8 Å². The number of carboxylic acids is 1. The smallest absolute Gasteiger partial charge is 0.318 e. The topological polar surface area (TPSA) is 54.4 Å². The Morgan fingerprint density at radius 3 is 2.00 bits per heavy atom. The van der Waals surface area contributed by atoms with Crippen LogP contribution in [0, 0.1) is 5.92 Å². The molecule has 1 atom stereocenters. The molecule has 1 N–H and O–H groups in total. The summed E-state index contributed by atoms with van der Waals surface area (Å²) in [7, 11) is 0. The molecule has 3 heteroatoms. The highest BCUT2D eigenvalue weighted by Crippen LogP contribution is 2.11. The summed E-state index contributed by atoms with van der Waals surface area (Å²) in [5, 5.41) is 8.72. The summed E-state index contributed by atoms with van der Waals surface area (Å²) in [4.78, 5) is 22.0. The summed E-state index contributed by atoms with van der Waals surface area (Å²) in [5.41, 5.74) is 1.15. The van der Waals surface area contributed by atoms with Crippen LogP contribution in [-0.4, -0.2) is 16.9 Å². The van der Waals surface area contributed by atoms with E-state index in [-0.39, 0.29) is 0 Å². The van der Waals surface area contributed by atoms with E-state index in [4.69, 9.17) is 5.11 Å². The fourth-order valence-corrected chi connectivity index (χ4v) is 0.943. The Balaban J connectivity index is 4.78. The molecule has 0 aromatic heterocycles. The molecule has 0 fully saturated rings. The summed E-state index contributed by atoms with van der Waals surface area (Å²) < 4.78 is 0. The summed E-state index contributed by atoms with van der Waals surface area (Å²) in [5.74, 6) is -2.66. The molecule has 72 valence electrons. The maximum Gasteiger partial charge on any atom is 0.318 e. The number of hydrogen-bond donors (Lipinski definition) is 1. The van der Waals surface area contributed by atoms with Crippen LogP contribution in [0.3, 0.4) is 0 Å². The molecule has 0 aliphatic heterocycles. The average Bonchev–Trinajstić information content (AvgIpc) is 1.81. The highest BCUT2D eigenvalue weighted by atomic mass is 16.4. The van der Waals surface area contributed by atoms with Crippen LogP contribution in [0.25, 0.3) is 0 Å². The number of carboxylic acid groups (broad SMARTS) is 1. The Bertz CT molecular complexity index is 256. The van der Waals surface area contributed by atoms with Crippen LogP contribution in [0.5, 0.6) is 0 Å². The van der Waals surface area contributed by atoms with Gasteiger partial charge in [0.15, 0.2) is 5.78 Å². The molecule has 0 spiro atoms. The minimum Gasteiger partial charge on any atom is -0.480 e. The molecule has 0 aliphatic rings. The summed E-state index contributed by atoms with van der Waals surface area (Å²) in [6, 6.07) is 0. The van der Waals surface area contributed by atoms with Gasteiger partial charge in [0.1, 0.15) is 5.92 Å². The van der Waals surface area contributed by atoms with Gasteiger partial charge >= 0.3 is 5.97 Å². The summed E-state index contributed by atoms with van der Waals surface area (Å²) in [6.45, 7) is 8.50. The predicted octanol–water partition coefficient (Wildman–Crippen LogP) is 1.80. The van der Waals surface area contributed by atoms with Crippen LogP contribution >= 0.6 is 0 Å². The zero-order valence-electron chi connectivity index (χ0n) is 8.13. The van der Waals surface area contributed by atoms with Crippen LogP contribution < -0.4 is 0 Å². The van der Waals surface area contributed by atoms with Gasteiger partial charge in [-0.3, -0.25) is 9.59 Å². The van der Waals surface area contributed by atoms with Crippen molar-refractivity contribution in [3.8, 4) is 0 Å². The second kappa shape index (κ2) is 4.60. The number of allylic oxidation sites excluding steroid dienone is 2. The van der Waals surface area contributed by atoms with E-state index in [0.29, 0.717) is 5.57 Å². The number of rotatable bonds is 4. The van der Waals surface area contributed by atoms with E-state index in [1.54, 1.807) is 13.8 Å². The molecule has 0 saturated heterocycles. The Morgan fingerprint density at radius 1 is 1.31 bits per heavy atom. The van der Waals surface area contributed by atoms with Crippen molar-refractivity contribution < 1.29 is 14.7 Å². The van der Waals surface area contributed by atoms with Crippen LogP contribution in [0.4, 0.5) is 0 Å². The van der Waals surface area contributed by atoms with Crippen molar-refractivity contribution >= 4 is 11.8 Å². The van der Waals surface area contributed by atoms with Gasteiger partial charge in [0.05, 0.1) is 0 Å². The molecule has 0 aromatic rings.